The van der Waals surface area contributed by atoms with E-state index in [1.165, 1.54) is 0 Å². The van der Waals surface area contributed by atoms with Gasteiger partial charge < -0.3 is 10.2 Å². The molecule has 0 amide bonds. The van der Waals surface area contributed by atoms with Crippen LogP contribution in [0.5, 0.6) is 0 Å². The van der Waals surface area contributed by atoms with E-state index >= 15 is 0 Å². The Kier molecular flexibility index (Phi) is 2.52. The molecule has 0 spiro atoms. The van der Waals surface area contributed by atoms with E-state index < -0.39 is 0 Å². The van der Waals surface area contributed by atoms with Gasteiger partial charge in [-0.3, -0.25) is 10.3 Å². The van der Waals surface area contributed by atoms with E-state index in [0.717, 1.165) is 11.9 Å². The molecule has 0 bridgehead atoms. The van der Waals surface area contributed by atoms with Crippen LogP contribution in [-0.2, 0) is 0 Å². The molecule has 1 aliphatic rings. The maximum absolute atomic E-state index is 4.32. The Balaban J connectivity index is 2.76. The van der Waals surface area contributed by atoms with Crippen LogP contribution in [0.15, 0.2) is 9.98 Å². The molecule has 0 aromatic carbocycles. The zero-order chi connectivity index (χ0) is 9.14. The highest BCUT2D eigenvalue weighted by Crippen LogP contribution is 1.93. The molecule has 0 aromatic rings. The van der Waals surface area contributed by atoms with Crippen molar-refractivity contribution in [3.63, 3.8) is 0 Å². The zero-order valence-electron chi connectivity index (χ0n) is 7.92. The minimum absolute atomic E-state index is 0.0855. The van der Waals surface area contributed by atoms with Gasteiger partial charge in [-0.25, -0.2) is 4.99 Å². The summed E-state index contributed by atoms with van der Waals surface area (Å²) in [5.41, 5.74) is 0. The highest BCUT2D eigenvalue weighted by Gasteiger charge is 2.14. The highest BCUT2D eigenvalue weighted by atomic mass is 15.4. The van der Waals surface area contributed by atoms with E-state index in [1.54, 1.807) is 7.05 Å². The van der Waals surface area contributed by atoms with E-state index in [2.05, 4.69) is 20.6 Å². The van der Waals surface area contributed by atoms with Gasteiger partial charge in [0.2, 0.25) is 5.96 Å². The Morgan fingerprint density at radius 2 is 2.17 bits per heavy atom. The van der Waals surface area contributed by atoms with Crippen LogP contribution in [0.2, 0.25) is 0 Å². The Morgan fingerprint density at radius 3 is 2.67 bits per heavy atom. The third kappa shape index (κ3) is 1.87. The molecule has 0 aromatic heterocycles. The zero-order valence-corrected chi connectivity index (χ0v) is 7.92. The molecule has 1 heterocycles. The second-order valence-corrected chi connectivity index (χ2v) is 2.86. The lowest BCUT2D eigenvalue weighted by molar-refractivity contribution is 0.560. The van der Waals surface area contributed by atoms with Crippen molar-refractivity contribution in [1.82, 2.24) is 15.5 Å². The summed E-state index contributed by atoms with van der Waals surface area (Å²) in [4.78, 5) is 10.3. The van der Waals surface area contributed by atoms with Gasteiger partial charge in [-0.2, -0.15) is 0 Å². The largest absolute Gasteiger partial charge is 0.349 e. The molecule has 1 aliphatic heterocycles. The molecule has 2 N–H and O–H groups in total. The van der Waals surface area contributed by atoms with Crippen molar-refractivity contribution in [2.75, 3.05) is 21.1 Å². The quantitative estimate of drug-likeness (QED) is 0.510. The van der Waals surface area contributed by atoms with Crippen molar-refractivity contribution in [2.45, 2.75) is 13.1 Å². The van der Waals surface area contributed by atoms with Crippen molar-refractivity contribution in [3.8, 4) is 0 Å². The number of nitrogens with zero attached hydrogens (tertiary/aromatic N) is 3. The van der Waals surface area contributed by atoms with Crippen LogP contribution in [0.1, 0.15) is 6.92 Å². The predicted octanol–water partition coefficient (Wildman–Crippen LogP) is -0.571. The van der Waals surface area contributed by atoms with Crippen molar-refractivity contribution in [3.05, 3.63) is 0 Å². The topological polar surface area (TPSA) is 52.0 Å². The third-order valence-electron chi connectivity index (χ3n) is 1.54. The first-order valence-corrected chi connectivity index (χ1v) is 3.89. The molecule has 0 aliphatic carbocycles. The molecular weight excluding hydrogens is 154 g/mol. The average Bonchev–Trinajstić information content (AvgIpc) is 2.03. The summed E-state index contributed by atoms with van der Waals surface area (Å²) in [6.07, 6.45) is 0.0855. The monoisotopic (exact) mass is 169 g/mol. The van der Waals surface area contributed by atoms with Crippen LogP contribution in [-0.4, -0.2) is 44.1 Å². The van der Waals surface area contributed by atoms with E-state index in [1.807, 2.05) is 25.9 Å². The molecule has 0 fully saturated rings. The molecule has 5 heteroatoms. The van der Waals surface area contributed by atoms with E-state index in [0.29, 0.717) is 0 Å². The second kappa shape index (κ2) is 3.42. The van der Waals surface area contributed by atoms with Gasteiger partial charge in [0.25, 0.3) is 0 Å². The van der Waals surface area contributed by atoms with Crippen LogP contribution in [0.25, 0.3) is 0 Å². The molecule has 0 unspecified atom stereocenters. The van der Waals surface area contributed by atoms with Crippen molar-refractivity contribution < 1.29 is 0 Å². The highest BCUT2D eigenvalue weighted by molar-refractivity contribution is 6.00. The minimum Gasteiger partial charge on any atom is -0.349 e. The lowest BCUT2D eigenvalue weighted by atomic mass is 10.5. The Morgan fingerprint density at radius 1 is 1.50 bits per heavy atom. The summed E-state index contributed by atoms with van der Waals surface area (Å²) >= 11 is 0. The summed E-state index contributed by atoms with van der Waals surface area (Å²) in [5, 5.41) is 6.12. The number of nitrogens with one attached hydrogen (secondary N) is 2. The predicted molar refractivity (Wildman–Crippen MR) is 50.2 cm³/mol. The van der Waals surface area contributed by atoms with Crippen LogP contribution in [0.4, 0.5) is 0 Å². The van der Waals surface area contributed by atoms with Gasteiger partial charge >= 0.3 is 0 Å². The molecule has 1 rings (SSSR count). The smallest absolute Gasteiger partial charge is 0.202 e. The normalized spacial score (nSPS) is 25.8. The summed E-state index contributed by atoms with van der Waals surface area (Å²) < 4.78 is 0. The van der Waals surface area contributed by atoms with Crippen LogP contribution in [0, 0.1) is 0 Å². The first-order valence-electron chi connectivity index (χ1n) is 3.89. The van der Waals surface area contributed by atoms with E-state index in [4.69, 9.17) is 0 Å². The molecular formula is C7H15N5. The Labute approximate surface area is 72.6 Å². The molecule has 5 nitrogen and oxygen atoms in total. The van der Waals surface area contributed by atoms with Gasteiger partial charge in [-0.15, -0.1) is 0 Å². The van der Waals surface area contributed by atoms with Crippen LogP contribution >= 0.6 is 0 Å². The molecule has 1 atom stereocenters. The first-order chi connectivity index (χ1) is 5.63. The standard InChI is InChI=1S/C7H15N5/c1-5-9-6(8-2)11-7(10-5)12(3)4/h5H,1-4H3,(H2,8,9,10,11)/t5-/m1/s1. The van der Waals surface area contributed by atoms with E-state index in [9.17, 15) is 0 Å². The Bertz CT molecular complexity index is 218. The van der Waals surface area contributed by atoms with Crippen molar-refractivity contribution in [1.29, 1.82) is 0 Å². The number of aliphatic imine (C=N–C) groups is 2. The Hall–Kier alpha value is -1.26. The molecule has 68 valence electrons. The van der Waals surface area contributed by atoms with Gasteiger partial charge in [0.15, 0.2) is 5.96 Å². The summed E-state index contributed by atoms with van der Waals surface area (Å²) in [7, 11) is 5.62. The van der Waals surface area contributed by atoms with Gasteiger partial charge in [0, 0.05) is 21.1 Å². The molecule has 0 radical (unpaired) electrons. The average molecular weight is 169 g/mol. The molecule has 0 saturated heterocycles. The van der Waals surface area contributed by atoms with Crippen LogP contribution in [0.3, 0.4) is 0 Å². The number of hydrogen-bond donors (Lipinski definition) is 2. The maximum atomic E-state index is 4.32. The lowest BCUT2D eigenvalue weighted by Crippen LogP contribution is -2.53. The fraction of sp³-hybridized carbons (Fsp3) is 0.714. The summed E-state index contributed by atoms with van der Waals surface area (Å²) in [6, 6.07) is 0. The van der Waals surface area contributed by atoms with Gasteiger partial charge in [0.1, 0.15) is 6.17 Å². The van der Waals surface area contributed by atoms with E-state index in [-0.39, 0.29) is 6.17 Å². The number of hydrogen-bond acceptors (Lipinski definition) is 3. The molecule has 0 saturated carbocycles. The second-order valence-electron chi connectivity index (χ2n) is 2.86. The summed E-state index contributed by atoms with van der Waals surface area (Å²) in [6.45, 7) is 1.98. The van der Waals surface area contributed by atoms with Gasteiger partial charge in [0.05, 0.1) is 0 Å². The van der Waals surface area contributed by atoms with Crippen molar-refractivity contribution in [2.24, 2.45) is 9.98 Å². The first kappa shape index (κ1) is 8.83. The lowest BCUT2D eigenvalue weighted by Gasteiger charge is -2.26. The number of guanidine groups is 2. The van der Waals surface area contributed by atoms with Gasteiger partial charge in [-0.05, 0) is 6.92 Å². The SMILES string of the molecule is CN=C1NC(N(C)C)=N[C@H](C)N1. The maximum Gasteiger partial charge on any atom is 0.202 e. The van der Waals surface area contributed by atoms with Crippen molar-refractivity contribution >= 4 is 11.9 Å². The third-order valence-corrected chi connectivity index (χ3v) is 1.54. The summed E-state index contributed by atoms with van der Waals surface area (Å²) in [5.74, 6) is 1.60. The fourth-order valence-electron chi connectivity index (χ4n) is 0.936. The van der Waals surface area contributed by atoms with Gasteiger partial charge in [-0.1, -0.05) is 0 Å². The fourth-order valence-corrected chi connectivity index (χ4v) is 0.936. The molecule has 12 heavy (non-hydrogen) atoms. The minimum atomic E-state index is 0.0855. The number of rotatable bonds is 0. The van der Waals surface area contributed by atoms with Crippen LogP contribution < -0.4 is 10.6 Å².